The van der Waals surface area contributed by atoms with Gasteiger partial charge < -0.3 is 10.6 Å². The van der Waals surface area contributed by atoms with E-state index in [-0.39, 0.29) is 23.9 Å². The fraction of sp³-hybridized carbons (Fsp3) is 0.933. The molecule has 2 N–H and O–H groups in total. The zero-order valence-corrected chi connectivity index (χ0v) is 13.7. The summed E-state index contributed by atoms with van der Waals surface area (Å²) in [6.45, 7) is 8.71. The van der Waals surface area contributed by atoms with Crippen LogP contribution in [0.15, 0.2) is 0 Å². The second-order valence-electron chi connectivity index (χ2n) is 6.58. The molecular weight excluding hydrogens is 274 g/mol. The van der Waals surface area contributed by atoms with Crippen LogP contribution < -0.4 is 10.6 Å². The van der Waals surface area contributed by atoms with Crippen LogP contribution in [0.5, 0.6) is 0 Å². The number of hydrogen-bond donors (Lipinski definition) is 2. The lowest BCUT2D eigenvalue weighted by molar-refractivity contribution is -0.125. The van der Waals surface area contributed by atoms with Crippen LogP contribution in [0.1, 0.15) is 46.0 Å². The third-order valence-corrected chi connectivity index (χ3v) is 4.51. The summed E-state index contributed by atoms with van der Waals surface area (Å²) in [5.74, 6) is 0.719. The molecule has 1 aliphatic carbocycles. The number of carbonyl (C=O) groups excluding carboxylic acids is 1. The van der Waals surface area contributed by atoms with Gasteiger partial charge in [0.05, 0.1) is 6.54 Å². The van der Waals surface area contributed by atoms with Crippen molar-refractivity contribution in [2.24, 2.45) is 5.92 Å². The van der Waals surface area contributed by atoms with Crippen LogP contribution in [-0.4, -0.2) is 49.1 Å². The summed E-state index contributed by atoms with van der Waals surface area (Å²) < 4.78 is 0. The largest absolute Gasteiger partial charge is 0.355 e. The SMILES string of the molecule is CC(C)CNC(=O)CN1CCNCC12CCCCC2.Cl. The summed E-state index contributed by atoms with van der Waals surface area (Å²) in [4.78, 5) is 14.5. The Bertz CT molecular complexity index is 295. The Kier molecular flexibility index (Phi) is 7.27. The van der Waals surface area contributed by atoms with Gasteiger partial charge in [-0.3, -0.25) is 9.69 Å². The van der Waals surface area contributed by atoms with E-state index in [4.69, 9.17) is 0 Å². The van der Waals surface area contributed by atoms with Crippen molar-refractivity contribution in [2.75, 3.05) is 32.7 Å². The molecule has 118 valence electrons. The second-order valence-corrected chi connectivity index (χ2v) is 6.58. The molecule has 0 atom stereocenters. The highest BCUT2D eigenvalue weighted by atomic mass is 35.5. The third-order valence-electron chi connectivity index (χ3n) is 4.51. The van der Waals surface area contributed by atoms with Crippen LogP contribution in [0, 0.1) is 5.92 Å². The smallest absolute Gasteiger partial charge is 0.234 e. The van der Waals surface area contributed by atoms with E-state index < -0.39 is 0 Å². The van der Waals surface area contributed by atoms with Crippen molar-refractivity contribution in [1.29, 1.82) is 0 Å². The van der Waals surface area contributed by atoms with Crippen molar-refractivity contribution < 1.29 is 4.79 Å². The predicted octanol–water partition coefficient (Wildman–Crippen LogP) is 1.79. The lowest BCUT2D eigenvalue weighted by atomic mass is 9.79. The third kappa shape index (κ3) is 4.61. The normalized spacial score (nSPS) is 22.6. The Hall–Kier alpha value is -0.320. The van der Waals surface area contributed by atoms with Crippen LogP contribution in [-0.2, 0) is 4.79 Å². The molecule has 2 aliphatic rings. The van der Waals surface area contributed by atoms with E-state index in [0.29, 0.717) is 12.5 Å². The van der Waals surface area contributed by atoms with Gasteiger partial charge >= 0.3 is 0 Å². The average molecular weight is 304 g/mol. The topological polar surface area (TPSA) is 44.4 Å². The summed E-state index contributed by atoms with van der Waals surface area (Å²) in [5.41, 5.74) is 0.256. The maximum absolute atomic E-state index is 12.1. The zero-order chi connectivity index (χ0) is 13.7. The number of piperazine rings is 1. The lowest BCUT2D eigenvalue weighted by Crippen LogP contribution is -2.63. The molecule has 0 bridgehead atoms. The fourth-order valence-corrected chi connectivity index (χ4v) is 3.38. The molecule has 0 aromatic heterocycles. The highest BCUT2D eigenvalue weighted by molar-refractivity contribution is 5.85. The molecule has 0 aromatic rings. The molecule has 1 spiro atoms. The number of amides is 1. The van der Waals surface area contributed by atoms with Crippen molar-refractivity contribution in [3.8, 4) is 0 Å². The number of nitrogens with zero attached hydrogens (tertiary/aromatic N) is 1. The first-order valence-electron chi connectivity index (χ1n) is 7.85. The Morgan fingerprint density at radius 2 is 2.00 bits per heavy atom. The van der Waals surface area contributed by atoms with E-state index in [9.17, 15) is 4.79 Å². The molecule has 2 fully saturated rings. The standard InChI is InChI=1S/C15H29N3O.ClH/c1-13(2)10-17-14(19)11-18-9-8-16-12-15(18)6-4-3-5-7-15;/h13,16H,3-12H2,1-2H3,(H,17,19);1H. The Morgan fingerprint density at radius 1 is 1.30 bits per heavy atom. The van der Waals surface area contributed by atoms with Gasteiger partial charge in [0.15, 0.2) is 0 Å². The van der Waals surface area contributed by atoms with Gasteiger partial charge in [-0.05, 0) is 18.8 Å². The molecule has 1 aliphatic heterocycles. The minimum atomic E-state index is 0. The molecule has 1 saturated carbocycles. The van der Waals surface area contributed by atoms with Crippen molar-refractivity contribution >= 4 is 18.3 Å². The van der Waals surface area contributed by atoms with E-state index in [2.05, 4.69) is 29.4 Å². The Balaban J connectivity index is 0.00000200. The summed E-state index contributed by atoms with van der Waals surface area (Å²) in [6, 6.07) is 0. The van der Waals surface area contributed by atoms with Gasteiger partial charge in [0.2, 0.25) is 5.91 Å². The Labute approximate surface area is 129 Å². The van der Waals surface area contributed by atoms with Gasteiger partial charge in [-0.2, -0.15) is 0 Å². The summed E-state index contributed by atoms with van der Waals surface area (Å²) >= 11 is 0. The van der Waals surface area contributed by atoms with Crippen molar-refractivity contribution in [1.82, 2.24) is 15.5 Å². The first-order valence-corrected chi connectivity index (χ1v) is 7.85. The number of nitrogens with one attached hydrogen (secondary N) is 2. The lowest BCUT2D eigenvalue weighted by Gasteiger charge is -2.49. The minimum Gasteiger partial charge on any atom is -0.355 e. The number of hydrogen-bond acceptors (Lipinski definition) is 3. The summed E-state index contributed by atoms with van der Waals surface area (Å²) in [6.07, 6.45) is 6.47. The number of carbonyl (C=O) groups is 1. The molecule has 1 saturated heterocycles. The van der Waals surface area contributed by atoms with Crippen molar-refractivity contribution in [3.63, 3.8) is 0 Å². The molecule has 4 nitrogen and oxygen atoms in total. The van der Waals surface area contributed by atoms with Gasteiger partial charge in [-0.15, -0.1) is 12.4 Å². The first kappa shape index (κ1) is 17.7. The molecule has 1 heterocycles. The second kappa shape index (κ2) is 8.20. The van der Waals surface area contributed by atoms with E-state index >= 15 is 0 Å². The molecule has 2 rings (SSSR count). The summed E-state index contributed by atoms with van der Waals surface area (Å²) in [5, 5.41) is 6.58. The van der Waals surface area contributed by atoms with Gasteiger partial charge in [-0.1, -0.05) is 33.1 Å². The zero-order valence-electron chi connectivity index (χ0n) is 12.9. The molecule has 0 unspecified atom stereocenters. The predicted molar refractivity (Wildman–Crippen MR) is 85.4 cm³/mol. The molecule has 0 aromatic carbocycles. The highest BCUT2D eigenvalue weighted by Gasteiger charge is 2.40. The number of rotatable bonds is 4. The Morgan fingerprint density at radius 3 is 2.65 bits per heavy atom. The van der Waals surface area contributed by atoms with Gasteiger partial charge in [0.25, 0.3) is 0 Å². The van der Waals surface area contributed by atoms with Crippen LogP contribution in [0.3, 0.4) is 0 Å². The quantitative estimate of drug-likeness (QED) is 0.832. The van der Waals surface area contributed by atoms with E-state index in [0.717, 1.165) is 26.2 Å². The van der Waals surface area contributed by atoms with E-state index in [1.165, 1.54) is 32.1 Å². The minimum absolute atomic E-state index is 0. The van der Waals surface area contributed by atoms with E-state index in [1.807, 2.05) is 0 Å². The van der Waals surface area contributed by atoms with Gasteiger partial charge in [-0.25, -0.2) is 0 Å². The first-order chi connectivity index (χ1) is 9.12. The maximum Gasteiger partial charge on any atom is 0.234 e. The highest BCUT2D eigenvalue weighted by Crippen LogP contribution is 2.34. The molecule has 0 radical (unpaired) electrons. The van der Waals surface area contributed by atoms with Crippen LogP contribution in [0.25, 0.3) is 0 Å². The van der Waals surface area contributed by atoms with Gasteiger partial charge in [0.1, 0.15) is 0 Å². The van der Waals surface area contributed by atoms with Crippen LogP contribution in [0.2, 0.25) is 0 Å². The van der Waals surface area contributed by atoms with Gasteiger partial charge in [0, 0.05) is 31.7 Å². The average Bonchev–Trinajstić information content (AvgIpc) is 2.40. The summed E-state index contributed by atoms with van der Waals surface area (Å²) in [7, 11) is 0. The maximum atomic E-state index is 12.1. The molecular formula is C15H30ClN3O. The fourth-order valence-electron chi connectivity index (χ4n) is 3.38. The number of halogens is 1. The van der Waals surface area contributed by atoms with Crippen molar-refractivity contribution in [2.45, 2.75) is 51.5 Å². The van der Waals surface area contributed by atoms with Crippen LogP contribution in [0.4, 0.5) is 0 Å². The van der Waals surface area contributed by atoms with E-state index in [1.54, 1.807) is 0 Å². The monoisotopic (exact) mass is 303 g/mol. The molecule has 20 heavy (non-hydrogen) atoms. The van der Waals surface area contributed by atoms with Crippen molar-refractivity contribution in [3.05, 3.63) is 0 Å². The van der Waals surface area contributed by atoms with Crippen LogP contribution >= 0.6 is 12.4 Å². The molecule has 1 amide bonds. The molecule has 5 heteroatoms.